The van der Waals surface area contributed by atoms with Crippen molar-refractivity contribution in [3.8, 4) is 0 Å². The predicted octanol–water partition coefficient (Wildman–Crippen LogP) is 2.92. The van der Waals surface area contributed by atoms with Crippen molar-refractivity contribution in [1.82, 2.24) is 5.32 Å². The molecule has 0 saturated heterocycles. The molecule has 0 unspecified atom stereocenters. The van der Waals surface area contributed by atoms with Gasteiger partial charge in [-0.3, -0.25) is 0 Å². The SMILES string of the molecule is CCS(=O)(=O)CCCN[C@@H](C)c1ccccc1Br. The minimum atomic E-state index is -2.84. The maximum atomic E-state index is 11.3. The summed E-state index contributed by atoms with van der Waals surface area (Å²) in [7, 11) is -2.84. The molecular weight excluding hydrogens is 314 g/mol. The van der Waals surface area contributed by atoms with Crippen molar-refractivity contribution in [3.05, 3.63) is 34.3 Å². The zero-order chi connectivity index (χ0) is 13.6. The highest BCUT2D eigenvalue weighted by Crippen LogP contribution is 2.22. The van der Waals surface area contributed by atoms with Crippen molar-refractivity contribution < 1.29 is 8.42 Å². The van der Waals surface area contributed by atoms with Gasteiger partial charge in [-0.15, -0.1) is 0 Å². The van der Waals surface area contributed by atoms with E-state index in [4.69, 9.17) is 0 Å². The number of benzene rings is 1. The Hall–Kier alpha value is -0.390. The van der Waals surface area contributed by atoms with Crippen LogP contribution < -0.4 is 5.32 Å². The second-order valence-corrected chi connectivity index (χ2v) is 7.61. The van der Waals surface area contributed by atoms with Gasteiger partial charge in [0.1, 0.15) is 9.84 Å². The van der Waals surface area contributed by atoms with Gasteiger partial charge in [-0.25, -0.2) is 8.42 Å². The van der Waals surface area contributed by atoms with Gasteiger partial charge in [0.05, 0.1) is 5.75 Å². The van der Waals surface area contributed by atoms with E-state index in [1.165, 1.54) is 5.56 Å². The first-order chi connectivity index (χ1) is 8.46. The normalized spacial score (nSPS) is 13.5. The van der Waals surface area contributed by atoms with E-state index < -0.39 is 9.84 Å². The highest BCUT2D eigenvalue weighted by atomic mass is 79.9. The van der Waals surface area contributed by atoms with Crippen molar-refractivity contribution in [2.75, 3.05) is 18.1 Å². The quantitative estimate of drug-likeness (QED) is 0.780. The molecule has 0 fully saturated rings. The Morgan fingerprint density at radius 2 is 2.00 bits per heavy atom. The fourth-order valence-electron chi connectivity index (χ4n) is 1.69. The standard InChI is InChI=1S/C13H20BrNO2S/c1-3-18(16,17)10-6-9-15-11(2)12-7-4-5-8-13(12)14/h4-5,7-8,11,15H,3,6,9-10H2,1-2H3/t11-/m0/s1. The fraction of sp³-hybridized carbons (Fsp3) is 0.538. The molecule has 0 aliphatic carbocycles. The monoisotopic (exact) mass is 333 g/mol. The maximum absolute atomic E-state index is 11.3. The largest absolute Gasteiger partial charge is 0.310 e. The predicted molar refractivity (Wildman–Crippen MR) is 79.5 cm³/mol. The smallest absolute Gasteiger partial charge is 0.150 e. The Morgan fingerprint density at radius 3 is 2.61 bits per heavy atom. The molecular formula is C13H20BrNO2S. The number of hydrogen-bond donors (Lipinski definition) is 1. The van der Waals surface area contributed by atoms with Gasteiger partial charge >= 0.3 is 0 Å². The van der Waals surface area contributed by atoms with Crippen LogP contribution in [0.15, 0.2) is 28.7 Å². The van der Waals surface area contributed by atoms with E-state index in [1.54, 1.807) is 6.92 Å². The molecule has 0 radical (unpaired) electrons. The van der Waals surface area contributed by atoms with Crippen molar-refractivity contribution >= 4 is 25.8 Å². The second-order valence-electron chi connectivity index (χ2n) is 4.29. The molecule has 18 heavy (non-hydrogen) atoms. The van der Waals surface area contributed by atoms with Gasteiger partial charge in [0.2, 0.25) is 0 Å². The molecule has 5 heteroatoms. The van der Waals surface area contributed by atoms with Gasteiger partial charge in [-0.05, 0) is 31.5 Å². The van der Waals surface area contributed by atoms with E-state index >= 15 is 0 Å². The number of hydrogen-bond acceptors (Lipinski definition) is 3. The minimum Gasteiger partial charge on any atom is -0.310 e. The van der Waals surface area contributed by atoms with Crippen LogP contribution in [0.2, 0.25) is 0 Å². The molecule has 102 valence electrons. The number of nitrogens with one attached hydrogen (secondary N) is 1. The summed E-state index contributed by atoms with van der Waals surface area (Å²) in [5.41, 5.74) is 1.19. The second kappa shape index (κ2) is 7.26. The molecule has 0 aliphatic heterocycles. The highest BCUT2D eigenvalue weighted by molar-refractivity contribution is 9.10. The third-order valence-corrected chi connectivity index (χ3v) is 5.41. The molecule has 1 N–H and O–H groups in total. The van der Waals surface area contributed by atoms with Gasteiger partial charge < -0.3 is 5.32 Å². The molecule has 0 bridgehead atoms. The van der Waals surface area contributed by atoms with Crippen LogP contribution in [0.3, 0.4) is 0 Å². The van der Waals surface area contributed by atoms with Gasteiger partial charge in [0, 0.05) is 16.3 Å². The molecule has 1 aromatic rings. The molecule has 0 amide bonds. The van der Waals surface area contributed by atoms with Gasteiger partial charge in [-0.2, -0.15) is 0 Å². The molecule has 0 spiro atoms. The highest BCUT2D eigenvalue weighted by Gasteiger charge is 2.09. The molecule has 0 saturated carbocycles. The van der Waals surface area contributed by atoms with Crippen molar-refractivity contribution in [3.63, 3.8) is 0 Å². The summed E-state index contributed by atoms with van der Waals surface area (Å²) in [6, 6.07) is 8.26. The van der Waals surface area contributed by atoms with E-state index in [0.29, 0.717) is 13.0 Å². The Bertz CT molecular complexity index is 474. The maximum Gasteiger partial charge on any atom is 0.150 e. The van der Waals surface area contributed by atoms with Crippen LogP contribution in [0.25, 0.3) is 0 Å². The number of sulfone groups is 1. The van der Waals surface area contributed by atoms with Crippen LogP contribution in [0.4, 0.5) is 0 Å². The third-order valence-electron chi connectivity index (χ3n) is 2.89. The lowest BCUT2D eigenvalue weighted by molar-refractivity contribution is 0.559. The van der Waals surface area contributed by atoms with Crippen LogP contribution in [0.1, 0.15) is 31.9 Å². The lowest BCUT2D eigenvalue weighted by Gasteiger charge is -2.15. The number of rotatable bonds is 7. The average molecular weight is 334 g/mol. The van der Waals surface area contributed by atoms with Crippen molar-refractivity contribution in [1.29, 1.82) is 0 Å². The summed E-state index contributed by atoms with van der Waals surface area (Å²) in [5.74, 6) is 0.492. The summed E-state index contributed by atoms with van der Waals surface area (Å²) >= 11 is 3.51. The lowest BCUT2D eigenvalue weighted by Crippen LogP contribution is -2.22. The van der Waals surface area contributed by atoms with Crippen LogP contribution in [-0.2, 0) is 9.84 Å². The first kappa shape index (κ1) is 15.7. The van der Waals surface area contributed by atoms with E-state index in [-0.39, 0.29) is 17.5 Å². The number of halogens is 1. The van der Waals surface area contributed by atoms with Gasteiger partial charge in [0.15, 0.2) is 0 Å². The van der Waals surface area contributed by atoms with Crippen LogP contribution in [-0.4, -0.2) is 26.5 Å². The molecule has 1 rings (SSSR count). The zero-order valence-corrected chi connectivity index (χ0v) is 13.2. The summed E-state index contributed by atoms with van der Waals surface area (Å²) in [6.07, 6.45) is 0.658. The minimum absolute atomic E-state index is 0.213. The Labute approximate surface area is 118 Å². The van der Waals surface area contributed by atoms with E-state index in [9.17, 15) is 8.42 Å². The zero-order valence-electron chi connectivity index (χ0n) is 10.8. The van der Waals surface area contributed by atoms with E-state index in [1.807, 2.05) is 18.2 Å². The van der Waals surface area contributed by atoms with Gasteiger partial charge in [-0.1, -0.05) is 41.1 Å². The van der Waals surface area contributed by atoms with Gasteiger partial charge in [0.25, 0.3) is 0 Å². The Balaban J connectivity index is 2.39. The Kier molecular flexibility index (Phi) is 6.32. The third kappa shape index (κ3) is 5.08. The molecule has 3 nitrogen and oxygen atoms in total. The van der Waals surface area contributed by atoms with E-state index in [2.05, 4.69) is 34.2 Å². The fourth-order valence-corrected chi connectivity index (χ4v) is 3.19. The van der Waals surface area contributed by atoms with Crippen LogP contribution in [0.5, 0.6) is 0 Å². The van der Waals surface area contributed by atoms with Crippen LogP contribution >= 0.6 is 15.9 Å². The average Bonchev–Trinajstić information content (AvgIpc) is 2.35. The summed E-state index contributed by atoms with van der Waals surface area (Å²) < 4.78 is 23.7. The summed E-state index contributed by atoms with van der Waals surface area (Å²) in [6.45, 7) is 4.47. The molecule has 1 atom stereocenters. The van der Waals surface area contributed by atoms with Crippen molar-refractivity contribution in [2.45, 2.75) is 26.3 Å². The first-order valence-corrected chi connectivity index (χ1v) is 8.76. The molecule has 0 heterocycles. The summed E-state index contributed by atoms with van der Waals surface area (Å²) in [5, 5.41) is 3.34. The molecule has 1 aromatic carbocycles. The van der Waals surface area contributed by atoms with Crippen LogP contribution in [0, 0.1) is 0 Å². The summed E-state index contributed by atoms with van der Waals surface area (Å²) in [4.78, 5) is 0. The van der Waals surface area contributed by atoms with Crippen molar-refractivity contribution in [2.24, 2.45) is 0 Å². The molecule has 0 aliphatic rings. The lowest BCUT2D eigenvalue weighted by atomic mass is 10.1. The Morgan fingerprint density at radius 1 is 1.33 bits per heavy atom. The van der Waals surface area contributed by atoms with E-state index in [0.717, 1.165) is 4.47 Å². The first-order valence-electron chi connectivity index (χ1n) is 6.14. The topological polar surface area (TPSA) is 46.2 Å². The molecule has 0 aromatic heterocycles.